The molecule has 3 nitrogen and oxygen atoms in total. The van der Waals surface area contributed by atoms with Crippen molar-refractivity contribution in [3.8, 4) is 0 Å². The predicted molar refractivity (Wildman–Crippen MR) is 70.3 cm³/mol. The summed E-state index contributed by atoms with van der Waals surface area (Å²) in [6.07, 6.45) is 3.85. The normalized spacial score (nSPS) is 12.3. The Bertz CT molecular complexity index is 513. The van der Waals surface area contributed by atoms with Crippen molar-refractivity contribution in [1.29, 1.82) is 0 Å². The summed E-state index contributed by atoms with van der Waals surface area (Å²) in [6, 6.07) is 0. The molecular formula is C10H11ClIN3. The Morgan fingerprint density at radius 2 is 2.07 bits per heavy atom. The molecule has 0 aliphatic heterocycles. The molecule has 0 saturated heterocycles. The lowest BCUT2D eigenvalue weighted by Gasteiger charge is -2.21. The summed E-state index contributed by atoms with van der Waals surface area (Å²) in [4.78, 5) is 8.28. The summed E-state index contributed by atoms with van der Waals surface area (Å²) in [7, 11) is 0. The Hall–Kier alpha value is -0.360. The summed E-state index contributed by atoms with van der Waals surface area (Å²) in [5.41, 5.74) is 0.895. The summed E-state index contributed by atoms with van der Waals surface area (Å²) >= 11 is 8.10. The molecule has 0 aromatic carbocycles. The molecule has 0 N–H and O–H groups in total. The van der Waals surface area contributed by atoms with E-state index < -0.39 is 0 Å². The van der Waals surface area contributed by atoms with E-state index >= 15 is 0 Å². The van der Waals surface area contributed by atoms with Crippen LogP contribution in [0.5, 0.6) is 0 Å². The van der Waals surface area contributed by atoms with Gasteiger partial charge in [-0.25, -0.2) is 4.98 Å². The summed E-state index contributed by atoms with van der Waals surface area (Å²) in [6.45, 7) is 6.41. The van der Waals surface area contributed by atoms with Crippen LogP contribution in [0.3, 0.4) is 0 Å². The van der Waals surface area contributed by atoms with Crippen LogP contribution >= 0.6 is 34.2 Å². The Morgan fingerprint density at radius 1 is 1.40 bits per heavy atom. The molecule has 0 radical (unpaired) electrons. The molecule has 5 heteroatoms. The second kappa shape index (κ2) is 3.59. The van der Waals surface area contributed by atoms with Gasteiger partial charge in [-0.1, -0.05) is 0 Å². The lowest BCUT2D eigenvalue weighted by molar-refractivity contribution is 0.408. The second-order valence-corrected chi connectivity index (χ2v) is 5.89. The van der Waals surface area contributed by atoms with Gasteiger partial charge >= 0.3 is 0 Å². The van der Waals surface area contributed by atoms with E-state index in [1.807, 2.05) is 0 Å². The Labute approximate surface area is 107 Å². The first-order valence-corrected chi connectivity index (χ1v) is 6.05. The van der Waals surface area contributed by atoms with Gasteiger partial charge in [-0.2, -0.15) is 4.98 Å². The Kier molecular flexibility index (Phi) is 2.66. The first-order chi connectivity index (χ1) is 6.89. The van der Waals surface area contributed by atoms with Crippen molar-refractivity contribution in [3.05, 3.63) is 21.2 Å². The van der Waals surface area contributed by atoms with Gasteiger partial charge in [0.15, 0.2) is 0 Å². The summed E-state index contributed by atoms with van der Waals surface area (Å²) < 4.78 is 3.27. The van der Waals surface area contributed by atoms with E-state index in [2.05, 4.69) is 64.1 Å². The minimum atomic E-state index is -0.000641. The van der Waals surface area contributed by atoms with Crippen molar-refractivity contribution in [2.24, 2.45) is 0 Å². The van der Waals surface area contributed by atoms with E-state index in [1.54, 1.807) is 6.20 Å². The zero-order valence-electron chi connectivity index (χ0n) is 8.75. The van der Waals surface area contributed by atoms with Crippen LogP contribution in [0.25, 0.3) is 11.0 Å². The summed E-state index contributed by atoms with van der Waals surface area (Å²) in [5.74, 6) is 0. The van der Waals surface area contributed by atoms with E-state index in [1.165, 1.54) is 0 Å². The van der Waals surface area contributed by atoms with Gasteiger partial charge in [-0.15, -0.1) is 0 Å². The number of rotatable bonds is 0. The molecule has 80 valence electrons. The van der Waals surface area contributed by atoms with Crippen LogP contribution in [0, 0.1) is 3.57 Å². The number of fused-ring (bicyclic) bond motifs is 1. The minimum absolute atomic E-state index is 0.000641. The number of nitrogens with zero attached hydrogens (tertiary/aromatic N) is 3. The standard InChI is InChI=1S/C10H11ClIN3/c1-10(2,3)15-5-7(12)6-4-13-9(11)14-8(6)15/h4-5H,1-3H3. The third kappa shape index (κ3) is 1.97. The maximum absolute atomic E-state index is 5.81. The van der Waals surface area contributed by atoms with Crippen LogP contribution in [0.1, 0.15) is 20.8 Å². The molecule has 0 aliphatic rings. The molecule has 2 heterocycles. The van der Waals surface area contributed by atoms with E-state index in [9.17, 15) is 0 Å². The molecule has 2 rings (SSSR count). The average Bonchev–Trinajstić information content (AvgIpc) is 2.42. The molecule has 0 unspecified atom stereocenters. The van der Waals surface area contributed by atoms with E-state index in [0.717, 1.165) is 14.6 Å². The predicted octanol–water partition coefficient (Wildman–Crippen LogP) is 3.44. The van der Waals surface area contributed by atoms with Gasteiger partial charge in [0.1, 0.15) is 5.65 Å². The third-order valence-electron chi connectivity index (χ3n) is 2.19. The fraction of sp³-hybridized carbons (Fsp3) is 0.400. The molecule has 0 aliphatic carbocycles. The highest BCUT2D eigenvalue weighted by Crippen LogP contribution is 2.27. The van der Waals surface area contributed by atoms with Gasteiger partial charge in [-0.3, -0.25) is 0 Å². The van der Waals surface area contributed by atoms with Crippen molar-refractivity contribution < 1.29 is 0 Å². The van der Waals surface area contributed by atoms with Crippen molar-refractivity contribution in [3.63, 3.8) is 0 Å². The molecular weight excluding hydrogens is 324 g/mol. The molecule has 2 aromatic rings. The lowest BCUT2D eigenvalue weighted by atomic mass is 10.1. The number of hydrogen-bond donors (Lipinski definition) is 0. The van der Waals surface area contributed by atoms with E-state index in [-0.39, 0.29) is 5.54 Å². The van der Waals surface area contributed by atoms with Gasteiger partial charge in [0, 0.05) is 21.5 Å². The number of hydrogen-bond acceptors (Lipinski definition) is 2. The molecule has 0 bridgehead atoms. The van der Waals surface area contributed by atoms with Crippen molar-refractivity contribution in [2.75, 3.05) is 0 Å². The van der Waals surface area contributed by atoms with Gasteiger partial charge < -0.3 is 4.57 Å². The molecule has 0 amide bonds. The zero-order valence-corrected chi connectivity index (χ0v) is 11.7. The number of halogens is 2. The highest BCUT2D eigenvalue weighted by molar-refractivity contribution is 14.1. The molecule has 0 atom stereocenters. The first-order valence-electron chi connectivity index (χ1n) is 4.59. The SMILES string of the molecule is CC(C)(C)n1cc(I)c2cnc(Cl)nc21. The topological polar surface area (TPSA) is 30.7 Å². The van der Waals surface area contributed by atoms with Crippen LogP contribution in [0.15, 0.2) is 12.4 Å². The fourth-order valence-corrected chi connectivity index (χ4v) is 2.25. The summed E-state index contributed by atoms with van der Waals surface area (Å²) in [5, 5.41) is 1.34. The van der Waals surface area contributed by atoms with Crippen LogP contribution in [0.2, 0.25) is 5.28 Å². The Balaban J connectivity index is 2.81. The molecule has 0 saturated carbocycles. The van der Waals surface area contributed by atoms with Crippen LogP contribution < -0.4 is 0 Å². The molecule has 15 heavy (non-hydrogen) atoms. The van der Waals surface area contributed by atoms with Gasteiger partial charge in [0.05, 0.1) is 5.39 Å². The maximum Gasteiger partial charge on any atom is 0.224 e. The van der Waals surface area contributed by atoms with Crippen molar-refractivity contribution >= 4 is 45.2 Å². The van der Waals surface area contributed by atoms with Gasteiger partial charge in [0.25, 0.3) is 0 Å². The first kappa shape index (κ1) is 11.1. The third-order valence-corrected chi connectivity index (χ3v) is 3.23. The average molecular weight is 336 g/mol. The second-order valence-electron chi connectivity index (χ2n) is 4.39. The highest BCUT2D eigenvalue weighted by atomic mass is 127. The lowest BCUT2D eigenvalue weighted by Crippen LogP contribution is -2.21. The Morgan fingerprint density at radius 3 is 2.67 bits per heavy atom. The van der Waals surface area contributed by atoms with E-state index in [4.69, 9.17) is 11.6 Å². The molecule has 0 spiro atoms. The van der Waals surface area contributed by atoms with Gasteiger partial charge in [0.2, 0.25) is 5.28 Å². The van der Waals surface area contributed by atoms with Crippen molar-refractivity contribution in [1.82, 2.24) is 14.5 Å². The largest absolute Gasteiger partial charge is 0.326 e. The van der Waals surface area contributed by atoms with Crippen molar-refractivity contribution in [2.45, 2.75) is 26.3 Å². The number of aromatic nitrogens is 3. The fourth-order valence-electron chi connectivity index (χ4n) is 1.46. The van der Waals surface area contributed by atoms with Crippen LogP contribution in [-0.4, -0.2) is 14.5 Å². The quantitative estimate of drug-likeness (QED) is 0.545. The maximum atomic E-state index is 5.81. The van der Waals surface area contributed by atoms with Gasteiger partial charge in [-0.05, 0) is 55.0 Å². The zero-order chi connectivity index (χ0) is 11.2. The minimum Gasteiger partial charge on any atom is -0.326 e. The highest BCUT2D eigenvalue weighted by Gasteiger charge is 2.18. The van der Waals surface area contributed by atoms with Crippen LogP contribution in [-0.2, 0) is 5.54 Å². The molecule has 2 aromatic heterocycles. The van der Waals surface area contributed by atoms with Crippen LogP contribution in [0.4, 0.5) is 0 Å². The van der Waals surface area contributed by atoms with E-state index in [0.29, 0.717) is 5.28 Å². The molecule has 0 fully saturated rings. The monoisotopic (exact) mass is 335 g/mol. The smallest absolute Gasteiger partial charge is 0.224 e.